The Morgan fingerprint density at radius 3 is 2.37 bits per heavy atom. The summed E-state index contributed by atoms with van der Waals surface area (Å²) in [6.45, 7) is 1.58. The maximum absolute atomic E-state index is 12.6. The van der Waals surface area contributed by atoms with Crippen LogP contribution in [0.4, 0.5) is 0 Å². The van der Waals surface area contributed by atoms with E-state index in [1.54, 1.807) is 18.2 Å². The lowest BCUT2D eigenvalue weighted by Gasteiger charge is -2.06. The van der Waals surface area contributed by atoms with Crippen LogP contribution in [0.5, 0.6) is 0 Å². The third-order valence-corrected chi connectivity index (χ3v) is 5.38. The molecule has 5 nitrogen and oxygen atoms in total. The van der Waals surface area contributed by atoms with E-state index in [4.69, 9.17) is 0 Å². The number of carbonyl (C=O) groups is 1. The number of aryl methyl sites for hydroxylation is 1. The van der Waals surface area contributed by atoms with Gasteiger partial charge < -0.3 is 0 Å². The largest absolute Gasteiger partial charge is 0.329 e. The van der Waals surface area contributed by atoms with E-state index in [-0.39, 0.29) is 12.3 Å². The average molecular weight is 376 g/mol. The van der Waals surface area contributed by atoms with Gasteiger partial charge in [-0.05, 0) is 24.1 Å². The van der Waals surface area contributed by atoms with Crippen molar-refractivity contribution in [3.05, 3.63) is 91.9 Å². The monoisotopic (exact) mass is 376 g/mol. The van der Waals surface area contributed by atoms with Crippen molar-refractivity contribution in [1.29, 1.82) is 0 Å². The van der Waals surface area contributed by atoms with E-state index in [1.807, 2.05) is 49.4 Å². The van der Waals surface area contributed by atoms with Gasteiger partial charge in [-0.1, -0.05) is 54.6 Å². The van der Waals surface area contributed by atoms with Crippen molar-refractivity contribution in [2.75, 3.05) is 0 Å². The molecule has 0 saturated heterocycles. The van der Waals surface area contributed by atoms with Crippen LogP contribution in [0, 0.1) is 6.92 Å². The number of ketones is 1. The topological polar surface area (TPSA) is 71.9 Å². The highest BCUT2D eigenvalue weighted by atomic mass is 32.1. The summed E-state index contributed by atoms with van der Waals surface area (Å²) >= 11 is 1.35. The average Bonchev–Trinajstić information content (AvgIpc) is 3.06. The van der Waals surface area contributed by atoms with Crippen LogP contribution in [-0.2, 0) is 6.54 Å². The lowest BCUT2D eigenvalue weighted by molar-refractivity contribution is 0.0969. The predicted molar refractivity (Wildman–Crippen MR) is 108 cm³/mol. The standard InChI is InChI=1S/C21H16N2O3S/c1-13-11-17-19(27-13)22-21(26)23(20(17)25)12-18(24)16-9-7-15(8-10-16)14-5-3-2-4-6-14/h2-11H,12H2,1H3,(H,22,26). The minimum Gasteiger partial charge on any atom is -0.298 e. The van der Waals surface area contributed by atoms with Crippen LogP contribution in [0.1, 0.15) is 15.2 Å². The maximum Gasteiger partial charge on any atom is 0.329 e. The van der Waals surface area contributed by atoms with Crippen molar-refractivity contribution in [2.45, 2.75) is 13.5 Å². The van der Waals surface area contributed by atoms with Crippen LogP contribution >= 0.6 is 11.3 Å². The van der Waals surface area contributed by atoms with Crippen LogP contribution in [0.25, 0.3) is 21.3 Å². The van der Waals surface area contributed by atoms with Crippen LogP contribution in [0.15, 0.2) is 70.3 Å². The highest BCUT2D eigenvalue weighted by Gasteiger charge is 2.14. The van der Waals surface area contributed by atoms with Gasteiger partial charge >= 0.3 is 5.69 Å². The number of fused-ring (bicyclic) bond motifs is 1. The van der Waals surface area contributed by atoms with E-state index in [9.17, 15) is 14.4 Å². The molecule has 4 aromatic rings. The van der Waals surface area contributed by atoms with Gasteiger partial charge in [0.1, 0.15) is 4.83 Å². The van der Waals surface area contributed by atoms with Gasteiger partial charge in [-0.15, -0.1) is 11.3 Å². The summed E-state index contributed by atoms with van der Waals surface area (Å²) in [7, 11) is 0. The van der Waals surface area contributed by atoms with Crippen LogP contribution in [-0.4, -0.2) is 15.3 Å². The second kappa shape index (κ2) is 6.81. The first-order valence-corrected chi connectivity index (χ1v) is 9.26. The Kier molecular flexibility index (Phi) is 4.33. The zero-order valence-corrected chi connectivity index (χ0v) is 15.4. The smallest absolute Gasteiger partial charge is 0.298 e. The van der Waals surface area contributed by atoms with Gasteiger partial charge in [0.2, 0.25) is 0 Å². The quantitative estimate of drug-likeness (QED) is 0.553. The van der Waals surface area contributed by atoms with E-state index in [0.29, 0.717) is 15.8 Å². The van der Waals surface area contributed by atoms with E-state index >= 15 is 0 Å². The molecule has 2 heterocycles. The van der Waals surface area contributed by atoms with E-state index in [1.165, 1.54) is 11.3 Å². The lowest BCUT2D eigenvalue weighted by atomic mass is 10.0. The number of H-pyrrole nitrogens is 1. The molecule has 4 rings (SSSR count). The SMILES string of the molecule is Cc1cc2c(=O)n(CC(=O)c3ccc(-c4ccccc4)cc3)c(=O)[nH]c2s1. The molecule has 2 aromatic heterocycles. The van der Waals surface area contributed by atoms with Gasteiger partial charge in [0, 0.05) is 10.4 Å². The van der Waals surface area contributed by atoms with Gasteiger partial charge in [0.15, 0.2) is 5.78 Å². The van der Waals surface area contributed by atoms with Crippen LogP contribution in [0.2, 0.25) is 0 Å². The summed E-state index contributed by atoms with van der Waals surface area (Å²) in [5, 5.41) is 0.435. The summed E-state index contributed by atoms with van der Waals surface area (Å²) in [6.07, 6.45) is 0. The number of Topliss-reactive ketones (excluding diaryl/α,β-unsaturated/α-hetero) is 1. The van der Waals surface area contributed by atoms with Gasteiger partial charge in [-0.2, -0.15) is 0 Å². The van der Waals surface area contributed by atoms with Gasteiger partial charge in [0.25, 0.3) is 5.56 Å². The van der Waals surface area contributed by atoms with Crippen molar-refractivity contribution in [2.24, 2.45) is 0 Å². The minimum absolute atomic E-state index is 0.284. The molecule has 2 aromatic carbocycles. The fraction of sp³-hybridized carbons (Fsp3) is 0.0952. The molecular weight excluding hydrogens is 360 g/mol. The molecular formula is C21H16N2O3S. The zero-order chi connectivity index (χ0) is 19.0. The van der Waals surface area contributed by atoms with Crippen molar-refractivity contribution in [3.8, 4) is 11.1 Å². The van der Waals surface area contributed by atoms with Crippen LogP contribution < -0.4 is 11.2 Å². The van der Waals surface area contributed by atoms with E-state index in [0.717, 1.165) is 20.6 Å². The first-order chi connectivity index (χ1) is 13.0. The van der Waals surface area contributed by atoms with Gasteiger partial charge in [0.05, 0.1) is 11.9 Å². The first kappa shape index (κ1) is 17.2. The van der Waals surface area contributed by atoms with Gasteiger partial charge in [-0.25, -0.2) is 4.79 Å². The number of carbonyl (C=O) groups excluding carboxylic acids is 1. The number of nitrogens with one attached hydrogen (secondary N) is 1. The Morgan fingerprint density at radius 2 is 1.67 bits per heavy atom. The molecule has 0 fully saturated rings. The molecule has 1 N–H and O–H groups in total. The highest BCUT2D eigenvalue weighted by Crippen LogP contribution is 2.20. The predicted octanol–water partition coefficient (Wildman–Crippen LogP) is 3.61. The van der Waals surface area contributed by atoms with Crippen molar-refractivity contribution in [3.63, 3.8) is 0 Å². The second-order valence-corrected chi connectivity index (χ2v) is 7.54. The number of aromatic nitrogens is 2. The Bertz CT molecular complexity index is 1250. The number of hydrogen-bond acceptors (Lipinski definition) is 4. The fourth-order valence-corrected chi connectivity index (χ4v) is 3.92. The summed E-state index contributed by atoms with van der Waals surface area (Å²) in [5.74, 6) is -0.284. The Balaban J connectivity index is 1.64. The molecule has 27 heavy (non-hydrogen) atoms. The summed E-state index contributed by atoms with van der Waals surface area (Å²) in [6, 6.07) is 18.7. The second-order valence-electron chi connectivity index (χ2n) is 6.29. The molecule has 134 valence electrons. The fourth-order valence-electron chi connectivity index (χ4n) is 3.03. The highest BCUT2D eigenvalue weighted by molar-refractivity contribution is 7.18. The number of rotatable bonds is 4. The molecule has 0 amide bonds. The minimum atomic E-state index is -0.566. The third-order valence-electron chi connectivity index (χ3n) is 4.41. The molecule has 0 aliphatic heterocycles. The molecule has 0 atom stereocenters. The first-order valence-electron chi connectivity index (χ1n) is 8.45. The number of aromatic amines is 1. The summed E-state index contributed by atoms with van der Waals surface area (Å²) in [4.78, 5) is 41.5. The zero-order valence-electron chi connectivity index (χ0n) is 14.6. The maximum atomic E-state index is 12.6. The number of benzene rings is 2. The normalized spacial score (nSPS) is 11.0. The molecule has 0 spiro atoms. The lowest BCUT2D eigenvalue weighted by Crippen LogP contribution is -2.36. The molecule has 6 heteroatoms. The molecule has 0 unspecified atom stereocenters. The number of hydrogen-bond donors (Lipinski definition) is 1. The van der Waals surface area contributed by atoms with Crippen molar-refractivity contribution < 1.29 is 4.79 Å². The molecule has 0 aliphatic carbocycles. The molecule has 0 aliphatic rings. The molecule has 0 saturated carbocycles. The molecule has 0 radical (unpaired) electrons. The Morgan fingerprint density at radius 1 is 1.00 bits per heavy atom. The van der Waals surface area contributed by atoms with Crippen molar-refractivity contribution >= 4 is 27.3 Å². The Hall–Kier alpha value is -3.25. The van der Waals surface area contributed by atoms with E-state index < -0.39 is 11.2 Å². The van der Waals surface area contributed by atoms with E-state index in [2.05, 4.69) is 4.98 Å². The van der Waals surface area contributed by atoms with Gasteiger partial charge in [-0.3, -0.25) is 19.1 Å². The summed E-state index contributed by atoms with van der Waals surface area (Å²) < 4.78 is 0.960. The Labute approximate surface area is 158 Å². The van der Waals surface area contributed by atoms with Crippen molar-refractivity contribution in [1.82, 2.24) is 9.55 Å². The van der Waals surface area contributed by atoms with Crippen LogP contribution in [0.3, 0.4) is 0 Å². The summed E-state index contributed by atoms with van der Waals surface area (Å²) in [5.41, 5.74) is 1.51. The molecule has 0 bridgehead atoms. The number of thiophene rings is 1. The third kappa shape index (κ3) is 3.27. The number of nitrogens with zero attached hydrogens (tertiary/aromatic N) is 1.